The maximum atomic E-state index is 12.2. The van der Waals surface area contributed by atoms with Crippen molar-refractivity contribution in [1.82, 2.24) is 10.00 Å². The van der Waals surface area contributed by atoms with E-state index in [1.807, 2.05) is 4.68 Å². The first kappa shape index (κ1) is 22.8. The number of nitrogens with two attached hydrogens (primary N) is 1. The zero-order valence-corrected chi connectivity index (χ0v) is 19.5. The fourth-order valence-corrected chi connectivity index (χ4v) is 5.12. The summed E-state index contributed by atoms with van der Waals surface area (Å²) in [6.07, 6.45) is 15.0. The largest absolute Gasteiger partial charge is 0.343 e. The van der Waals surface area contributed by atoms with Crippen LogP contribution in [-0.4, -0.2) is 29.0 Å². The predicted octanol–water partition coefficient (Wildman–Crippen LogP) is 5.05. The summed E-state index contributed by atoms with van der Waals surface area (Å²) in [7, 11) is 0. The van der Waals surface area contributed by atoms with Gasteiger partial charge in [-0.25, -0.2) is 0 Å². The maximum Gasteiger partial charge on any atom is 0.293 e. The standard InChI is InChI=1S/C27H38N4O/c28-25-21-23-20-22-14-9-10-15-24(22)27(23)29-31(25)19-13-6-4-2-1-3-5-8-16-26(32)30-17-11-7-12-18-30/h9-10,14-15,21,28H,1-8,11-13,16-20H2/p+1. The number of nitrogen functional groups attached to an aromatic ring is 1. The molecular formula is C27H39N4O+. The molecular weight excluding hydrogens is 396 g/mol. The molecule has 0 unspecified atom stereocenters. The number of hydrogen-bond donors (Lipinski definition) is 1. The number of carbonyl (C=O) groups is 1. The second-order valence-corrected chi connectivity index (χ2v) is 9.52. The van der Waals surface area contributed by atoms with Crippen LogP contribution in [0.5, 0.6) is 0 Å². The van der Waals surface area contributed by atoms with Crippen LogP contribution < -0.4 is 10.4 Å². The molecule has 1 aliphatic carbocycles. The highest BCUT2D eigenvalue weighted by Gasteiger charge is 2.23. The van der Waals surface area contributed by atoms with Crippen molar-refractivity contribution in [3.8, 4) is 11.3 Å². The third kappa shape index (κ3) is 5.87. The van der Waals surface area contributed by atoms with Crippen molar-refractivity contribution in [2.45, 2.75) is 90.0 Å². The number of anilines is 1. The van der Waals surface area contributed by atoms with Gasteiger partial charge in [0.25, 0.3) is 5.82 Å². The van der Waals surface area contributed by atoms with E-state index < -0.39 is 0 Å². The molecule has 5 nitrogen and oxygen atoms in total. The van der Waals surface area contributed by atoms with Gasteiger partial charge in [0.1, 0.15) is 12.2 Å². The number of unbranched alkanes of at least 4 members (excludes halogenated alkanes) is 7. The van der Waals surface area contributed by atoms with Gasteiger partial charge in [0, 0.05) is 37.6 Å². The molecule has 1 fully saturated rings. The Morgan fingerprint density at radius 3 is 2.38 bits per heavy atom. The number of hydrogen-bond acceptors (Lipinski definition) is 3. The van der Waals surface area contributed by atoms with Gasteiger partial charge in [-0.05, 0) is 49.7 Å². The number of amides is 1. The smallest absolute Gasteiger partial charge is 0.293 e. The molecule has 0 atom stereocenters. The molecule has 0 saturated carbocycles. The number of aryl methyl sites for hydroxylation is 1. The first-order chi connectivity index (χ1) is 15.7. The second-order valence-electron chi connectivity index (χ2n) is 9.52. The van der Waals surface area contributed by atoms with Gasteiger partial charge >= 0.3 is 0 Å². The number of aromatic nitrogens is 2. The third-order valence-electron chi connectivity index (χ3n) is 7.02. The number of likely N-dealkylation sites (tertiary alicyclic amines) is 1. The molecule has 1 aromatic heterocycles. The van der Waals surface area contributed by atoms with Gasteiger partial charge < -0.3 is 4.90 Å². The molecule has 0 spiro atoms. The second kappa shape index (κ2) is 11.4. The topological polar surface area (TPSA) is 63.1 Å². The molecule has 5 heteroatoms. The average molecular weight is 436 g/mol. The Hall–Kier alpha value is -2.43. The van der Waals surface area contributed by atoms with Crippen molar-refractivity contribution >= 4 is 11.7 Å². The van der Waals surface area contributed by atoms with Crippen molar-refractivity contribution in [3.63, 3.8) is 0 Å². The molecule has 1 amide bonds. The van der Waals surface area contributed by atoms with Crippen LogP contribution in [0, 0.1) is 0 Å². The van der Waals surface area contributed by atoms with E-state index in [1.165, 1.54) is 74.5 Å². The molecule has 4 rings (SSSR count). The lowest BCUT2D eigenvalue weighted by Crippen LogP contribution is -2.41. The zero-order chi connectivity index (χ0) is 22.2. The van der Waals surface area contributed by atoms with Gasteiger partial charge in [-0.1, -0.05) is 61.5 Å². The first-order valence-electron chi connectivity index (χ1n) is 12.8. The summed E-state index contributed by atoms with van der Waals surface area (Å²) in [5.74, 6) is 1.15. The van der Waals surface area contributed by atoms with E-state index in [4.69, 9.17) is 10.8 Å². The van der Waals surface area contributed by atoms with Crippen LogP contribution in [0.15, 0.2) is 30.3 Å². The first-order valence-corrected chi connectivity index (χ1v) is 12.8. The van der Waals surface area contributed by atoms with Crippen molar-refractivity contribution in [3.05, 3.63) is 41.5 Å². The van der Waals surface area contributed by atoms with Crippen LogP contribution in [-0.2, 0) is 17.8 Å². The fourth-order valence-electron chi connectivity index (χ4n) is 5.12. The summed E-state index contributed by atoms with van der Waals surface area (Å²) < 4.78 is 1.99. The van der Waals surface area contributed by atoms with Crippen molar-refractivity contribution in [1.29, 1.82) is 0 Å². The highest BCUT2D eigenvalue weighted by atomic mass is 16.2. The summed E-state index contributed by atoms with van der Waals surface area (Å²) >= 11 is 0. The van der Waals surface area contributed by atoms with Crippen LogP contribution in [0.25, 0.3) is 11.3 Å². The van der Waals surface area contributed by atoms with E-state index in [2.05, 4.69) is 35.2 Å². The van der Waals surface area contributed by atoms with Crippen LogP contribution >= 0.6 is 0 Å². The lowest BCUT2D eigenvalue weighted by Gasteiger charge is -2.26. The minimum Gasteiger partial charge on any atom is -0.343 e. The molecule has 0 radical (unpaired) electrons. The van der Waals surface area contributed by atoms with Gasteiger partial charge in [0.05, 0.1) is 0 Å². The number of nitrogens with zero attached hydrogens (tertiary/aromatic N) is 3. The van der Waals surface area contributed by atoms with Crippen molar-refractivity contribution in [2.75, 3.05) is 18.8 Å². The number of carbonyl (C=O) groups excluding carboxylic acids is 1. The monoisotopic (exact) mass is 435 g/mol. The van der Waals surface area contributed by atoms with E-state index in [-0.39, 0.29) is 0 Å². The molecule has 1 aromatic carbocycles. The Labute approximate surface area is 193 Å². The normalized spacial score (nSPS) is 14.9. The van der Waals surface area contributed by atoms with Crippen LogP contribution in [0.4, 0.5) is 5.82 Å². The zero-order valence-electron chi connectivity index (χ0n) is 19.5. The summed E-state index contributed by atoms with van der Waals surface area (Å²) in [5, 5.41) is 4.87. The predicted molar refractivity (Wildman–Crippen MR) is 129 cm³/mol. The van der Waals surface area contributed by atoms with Gasteiger partial charge in [-0.2, -0.15) is 0 Å². The van der Waals surface area contributed by atoms with Crippen LogP contribution in [0.3, 0.4) is 0 Å². The fraction of sp³-hybridized carbons (Fsp3) is 0.593. The van der Waals surface area contributed by atoms with Crippen LogP contribution in [0.2, 0.25) is 0 Å². The molecule has 2 aliphatic rings. The third-order valence-corrected chi connectivity index (χ3v) is 7.02. The number of fused-ring (bicyclic) bond motifs is 3. The molecule has 2 aromatic rings. The quantitative estimate of drug-likeness (QED) is 0.339. The summed E-state index contributed by atoms with van der Waals surface area (Å²) in [5.41, 5.74) is 11.2. The van der Waals surface area contributed by atoms with E-state index >= 15 is 0 Å². The number of benzene rings is 1. The van der Waals surface area contributed by atoms with Gasteiger partial charge in [-0.15, -0.1) is 4.68 Å². The van der Waals surface area contributed by atoms with E-state index in [0.29, 0.717) is 5.91 Å². The molecule has 1 aliphatic heterocycles. The van der Waals surface area contributed by atoms with Crippen molar-refractivity contribution < 1.29 is 9.48 Å². The van der Waals surface area contributed by atoms with Gasteiger partial charge in [0.2, 0.25) is 5.91 Å². The number of piperidine rings is 1. The Morgan fingerprint density at radius 2 is 1.59 bits per heavy atom. The SMILES string of the molecule is Nc1cc2c(n[n+]1CCCCCCCCCCC(=O)N1CCCCC1)-c1ccccc1C2. The summed E-state index contributed by atoms with van der Waals surface area (Å²) in [6.45, 7) is 2.86. The molecule has 32 heavy (non-hydrogen) atoms. The molecule has 172 valence electrons. The van der Waals surface area contributed by atoms with Crippen LogP contribution in [0.1, 0.15) is 88.2 Å². The molecule has 2 N–H and O–H groups in total. The Morgan fingerprint density at radius 1 is 0.906 bits per heavy atom. The Balaban J connectivity index is 1.07. The minimum absolute atomic E-state index is 0.380. The maximum absolute atomic E-state index is 12.2. The Kier molecular flexibility index (Phi) is 8.13. The molecule has 1 saturated heterocycles. The summed E-state index contributed by atoms with van der Waals surface area (Å²) in [4.78, 5) is 14.3. The minimum atomic E-state index is 0.380. The summed E-state index contributed by atoms with van der Waals surface area (Å²) in [6, 6.07) is 10.6. The van der Waals surface area contributed by atoms with Gasteiger partial charge in [0.15, 0.2) is 0 Å². The van der Waals surface area contributed by atoms with E-state index in [1.54, 1.807) is 0 Å². The molecule has 0 bridgehead atoms. The van der Waals surface area contributed by atoms with E-state index in [9.17, 15) is 4.79 Å². The number of rotatable bonds is 11. The average Bonchev–Trinajstić information content (AvgIpc) is 3.17. The lowest BCUT2D eigenvalue weighted by molar-refractivity contribution is -0.739. The van der Waals surface area contributed by atoms with Gasteiger partial charge in [-0.3, -0.25) is 10.5 Å². The van der Waals surface area contributed by atoms with Crippen molar-refractivity contribution in [2.24, 2.45) is 0 Å². The van der Waals surface area contributed by atoms with E-state index in [0.717, 1.165) is 56.8 Å². The lowest BCUT2D eigenvalue weighted by atomic mass is 10.1. The highest BCUT2D eigenvalue weighted by Crippen LogP contribution is 2.34. The molecule has 2 heterocycles. The highest BCUT2D eigenvalue weighted by molar-refractivity contribution is 5.76. The Bertz CT molecular complexity index is 905.